The molecule has 104 valence electrons. The van der Waals surface area contributed by atoms with Gasteiger partial charge in [-0.1, -0.05) is 71.9 Å². The first-order valence-corrected chi connectivity index (χ1v) is 6.86. The van der Waals surface area contributed by atoms with Crippen LogP contribution in [-0.2, 0) is 0 Å². The molecule has 0 radical (unpaired) electrons. The molecule has 19 heavy (non-hydrogen) atoms. The fourth-order valence-electron chi connectivity index (χ4n) is 2.03. The molecular formula is C18H26O. The van der Waals surface area contributed by atoms with Crippen LogP contribution < -0.4 is 0 Å². The number of aryl methyl sites for hydroxylation is 1. The van der Waals surface area contributed by atoms with Gasteiger partial charge in [0.1, 0.15) is 0 Å². The number of hydrogen-bond donors (Lipinski definition) is 0. The van der Waals surface area contributed by atoms with Crippen molar-refractivity contribution in [3.05, 3.63) is 47.0 Å². The van der Waals surface area contributed by atoms with Crippen molar-refractivity contribution >= 4 is 5.78 Å². The molecule has 0 atom stereocenters. The van der Waals surface area contributed by atoms with Gasteiger partial charge in [0.15, 0.2) is 5.78 Å². The third-order valence-electron chi connectivity index (χ3n) is 3.02. The van der Waals surface area contributed by atoms with Crippen LogP contribution in [0.1, 0.15) is 57.5 Å². The SMILES string of the molecule is Cc1ccccc1C(=O)C(=CC(C)(C)C)C(C)(C)C. The lowest BCUT2D eigenvalue weighted by atomic mass is 9.77. The Morgan fingerprint density at radius 1 is 1.00 bits per heavy atom. The molecule has 1 aromatic carbocycles. The number of hydrogen-bond acceptors (Lipinski definition) is 1. The lowest BCUT2D eigenvalue weighted by Crippen LogP contribution is -2.21. The van der Waals surface area contributed by atoms with Gasteiger partial charge < -0.3 is 0 Å². The Kier molecular flexibility index (Phi) is 4.39. The Morgan fingerprint density at radius 2 is 1.53 bits per heavy atom. The highest BCUT2D eigenvalue weighted by atomic mass is 16.1. The minimum Gasteiger partial charge on any atom is -0.289 e. The maximum atomic E-state index is 12.8. The van der Waals surface area contributed by atoms with Crippen molar-refractivity contribution in [2.45, 2.75) is 48.5 Å². The summed E-state index contributed by atoms with van der Waals surface area (Å²) in [5.41, 5.74) is 2.60. The maximum absolute atomic E-state index is 12.8. The smallest absolute Gasteiger partial charge is 0.189 e. The Balaban J connectivity index is 3.33. The van der Waals surface area contributed by atoms with Crippen LogP contribution in [0.4, 0.5) is 0 Å². The van der Waals surface area contributed by atoms with Gasteiger partial charge in [-0.2, -0.15) is 0 Å². The van der Waals surface area contributed by atoms with Crippen LogP contribution in [0.5, 0.6) is 0 Å². The Bertz CT molecular complexity index is 493. The summed E-state index contributed by atoms with van der Waals surface area (Å²) >= 11 is 0. The largest absolute Gasteiger partial charge is 0.289 e. The zero-order valence-electron chi connectivity index (χ0n) is 13.3. The predicted molar refractivity (Wildman–Crippen MR) is 82.5 cm³/mol. The standard InChI is InChI=1S/C18H26O/c1-13-10-8-9-11-14(13)16(19)15(18(5,6)7)12-17(2,3)4/h8-12H,1-7H3. The van der Waals surface area contributed by atoms with E-state index in [-0.39, 0.29) is 16.6 Å². The lowest BCUT2D eigenvalue weighted by molar-refractivity contribution is 0.101. The molecule has 0 amide bonds. The first-order chi connectivity index (χ1) is 8.52. The molecule has 0 aliphatic carbocycles. The van der Waals surface area contributed by atoms with Crippen molar-refractivity contribution in [3.8, 4) is 0 Å². The van der Waals surface area contributed by atoms with E-state index < -0.39 is 0 Å². The second kappa shape index (κ2) is 5.32. The van der Waals surface area contributed by atoms with E-state index in [0.717, 1.165) is 16.7 Å². The minimum absolute atomic E-state index is 0.000951. The number of benzene rings is 1. The molecule has 0 fully saturated rings. The molecule has 0 aliphatic rings. The summed E-state index contributed by atoms with van der Waals surface area (Å²) in [5, 5.41) is 0. The van der Waals surface area contributed by atoms with Crippen LogP contribution in [0.15, 0.2) is 35.9 Å². The summed E-state index contributed by atoms with van der Waals surface area (Å²) in [4.78, 5) is 12.8. The molecule has 1 nitrogen and oxygen atoms in total. The topological polar surface area (TPSA) is 17.1 Å². The van der Waals surface area contributed by atoms with E-state index in [1.807, 2.05) is 31.2 Å². The molecule has 0 bridgehead atoms. The van der Waals surface area contributed by atoms with Crippen LogP contribution in [0.2, 0.25) is 0 Å². The van der Waals surface area contributed by atoms with Gasteiger partial charge in [-0.05, 0) is 23.3 Å². The van der Waals surface area contributed by atoms with Crippen LogP contribution >= 0.6 is 0 Å². The number of ketones is 1. The second-order valence-electron chi connectivity index (χ2n) is 7.32. The average Bonchev–Trinajstić information content (AvgIpc) is 2.23. The fourth-order valence-corrected chi connectivity index (χ4v) is 2.03. The van der Waals surface area contributed by atoms with Crippen LogP contribution in [0, 0.1) is 17.8 Å². The van der Waals surface area contributed by atoms with Crippen molar-refractivity contribution in [1.82, 2.24) is 0 Å². The molecule has 0 aliphatic heterocycles. The average molecular weight is 258 g/mol. The Labute approximate surface area is 117 Å². The number of allylic oxidation sites excluding steroid dienone is 2. The van der Waals surface area contributed by atoms with Gasteiger partial charge in [0.25, 0.3) is 0 Å². The highest BCUT2D eigenvalue weighted by molar-refractivity contribution is 6.10. The molecule has 0 saturated carbocycles. The molecular weight excluding hydrogens is 232 g/mol. The Morgan fingerprint density at radius 3 is 1.95 bits per heavy atom. The van der Waals surface area contributed by atoms with E-state index in [0.29, 0.717) is 0 Å². The molecule has 0 aromatic heterocycles. The zero-order valence-corrected chi connectivity index (χ0v) is 13.3. The third kappa shape index (κ3) is 4.34. The van der Waals surface area contributed by atoms with Gasteiger partial charge in [-0.3, -0.25) is 4.79 Å². The van der Waals surface area contributed by atoms with E-state index in [4.69, 9.17) is 0 Å². The van der Waals surface area contributed by atoms with Crippen molar-refractivity contribution < 1.29 is 4.79 Å². The van der Waals surface area contributed by atoms with Gasteiger partial charge in [0.05, 0.1) is 0 Å². The monoisotopic (exact) mass is 258 g/mol. The highest BCUT2D eigenvalue weighted by Gasteiger charge is 2.27. The number of Topliss-reactive ketones (excluding diaryl/α,β-unsaturated/α-hetero) is 1. The number of rotatable bonds is 2. The molecule has 1 heteroatoms. The molecule has 1 aromatic rings. The van der Waals surface area contributed by atoms with E-state index >= 15 is 0 Å². The van der Waals surface area contributed by atoms with Crippen LogP contribution in [0.25, 0.3) is 0 Å². The quantitative estimate of drug-likeness (QED) is 0.526. The number of carbonyl (C=O) groups excluding carboxylic acids is 1. The van der Waals surface area contributed by atoms with E-state index in [2.05, 4.69) is 47.6 Å². The normalized spacial score (nSPS) is 13.5. The Hall–Kier alpha value is -1.37. The van der Waals surface area contributed by atoms with Crippen molar-refractivity contribution in [2.24, 2.45) is 10.8 Å². The lowest BCUT2D eigenvalue weighted by Gasteiger charge is -2.26. The predicted octanol–water partition coefficient (Wildman–Crippen LogP) is 5.20. The van der Waals surface area contributed by atoms with Crippen molar-refractivity contribution in [3.63, 3.8) is 0 Å². The summed E-state index contributed by atoms with van der Waals surface area (Å²) in [6, 6.07) is 7.80. The summed E-state index contributed by atoms with van der Waals surface area (Å²) in [5.74, 6) is 0.153. The molecule has 0 saturated heterocycles. The highest BCUT2D eigenvalue weighted by Crippen LogP contribution is 2.33. The van der Waals surface area contributed by atoms with Crippen LogP contribution in [0.3, 0.4) is 0 Å². The van der Waals surface area contributed by atoms with E-state index in [1.165, 1.54) is 0 Å². The third-order valence-corrected chi connectivity index (χ3v) is 3.02. The zero-order chi connectivity index (χ0) is 14.8. The second-order valence-corrected chi connectivity index (χ2v) is 7.32. The van der Waals surface area contributed by atoms with Crippen molar-refractivity contribution in [2.75, 3.05) is 0 Å². The summed E-state index contributed by atoms with van der Waals surface area (Å²) in [6.45, 7) is 14.7. The van der Waals surface area contributed by atoms with Crippen molar-refractivity contribution in [1.29, 1.82) is 0 Å². The molecule has 0 unspecified atom stereocenters. The summed E-state index contributed by atoms with van der Waals surface area (Å²) < 4.78 is 0. The first kappa shape index (κ1) is 15.7. The van der Waals surface area contributed by atoms with E-state index in [1.54, 1.807) is 0 Å². The van der Waals surface area contributed by atoms with Crippen LogP contribution in [-0.4, -0.2) is 5.78 Å². The summed E-state index contributed by atoms with van der Waals surface area (Å²) in [6.07, 6.45) is 2.11. The van der Waals surface area contributed by atoms with Gasteiger partial charge in [0.2, 0.25) is 0 Å². The van der Waals surface area contributed by atoms with E-state index in [9.17, 15) is 4.79 Å². The van der Waals surface area contributed by atoms with Gasteiger partial charge in [-0.15, -0.1) is 0 Å². The molecule has 0 N–H and O–H groups in total. The minimum atomic E-state index is -0.146. The fraction of sp³-hybridized carbons (Fsp3) is 0.500. The molecule has 1 rings (SSSR count). The molecule has 0 spiro atoms. The number of carbonyl (C=O) groups is 1. The van der Waals surface area contributed by atoms with Gasteiger partial charge in [-0.25, -0.2) is 0 Å². The first-order valence-electron chi connectivity index (χ1n) is 6.86. The molecule has 0 heterocycles. The summed E-state index contributed by atoms with van der Waals surface area (Å²) in [7, 11) is 0. The maximum Gasteiger partial charge on any atom is 0.189 e. The van der Waals surface area contributed by atoms with Gasteiger partial charge in [0, 0.05) is 11.1 Å². The van der Waals surface area contributed by atoms with Gasteiger partial charge >= 0.3 is 0 Å².